The topological polar surface area (TPSA) is 49.3 Å². The number of hydrogen-bond donors (Lipinski definition) is 0. The molecule has 0 spiro atoms. The molecule has 1 aromatic heterocycles. The summed E-state index contributed by atoms with van der Waals surface area (Å²) in [5.41, 5.74) is 0.559. The van der Waals surface area contributed by atoms with Gasteiger partial charge >= 0.3 is 0 Å². The van der Waals surface area contributed by atoms with Crippen LogP contribution in [0.1, 0.15) is 54.8 Å². The minimum atomic E-state index is 0.0640. The number of carbonyl (C=O) groups excluding carboxylic acids is 1. The molecule has 1 aromatic rings. The van der Waals surface area contributed by atoms with Crippen molar-refractivity contribution in [1.29, 1.82) is 0 Å². The van der Waals surface area contributed by atoms with Gasteiger partial charge in [-0.3, -0.25) is 4.79 Å². The number of anilines is 1. The molecule has 2 fully saturated rings. The zero-order valence-corrected chi connectivity index (χ0v) is 12.8. The molecule has 3 rings (SSSR count). The van der Waals surface area contributed by atoms with Crippen LogP contribution in [-0.2, 0) is 0 Å². The van der Waals surface area contributed by atoms with E-state index in [-0.39, 0.29) is 5.91 Å². The van der Waals surface area contributed by atoms with Crippen molar-refractivity contribution in [2.24, 2.45) is 0 Å². The van der Waals surface area contributed by atoms with E-state index >= 15 is 0 Å². The van der Waals surface area contributed by atoms with Crippen LogP contribution in [0.4, 0.5) is 5.82 Å². The predicted octanol–water partition coefficient (Wildman–Crippen LogP) is 2.40. The van der Waals surface area contributed by atoms with Gasteiger partial charge in [-0.2, -0.15) is 0 Å². The Bertz CT molecular complexity index is 503. The largest absolute Gasteiger partial charge is 0.356 e. The lowest BCUT2D eigenvalue weighted by atomic mass is 10.2. The number of aryl methyl sites for hydroxylation is 1. The molecule has 0 N–H and O–H groups in total. The molecule has 2 aliphatic heterocycles. The van der Waals surface area contributed by atoms with E-state index in [1.807, 2.05) is 17.9 Å². The van der Waals surface area contributed by atoms with Gasteiger partial charge in [0.1, 0.15) is 17.3 Å². The van der Waals surface area contributed by atoms with Crippen molar-refractivity contribution in [3.8, 4) is 0 Å². The van der Waals surface area contributed by atoms with E-state index in [0.29, 0.717) is 11.5 Å². The highest BCUT2D eigenvalue weighted by atomic mass is 16.2. The molecule has 0 unspecified atom stereocenters. The molecule has 0 bridgehead atoms. The highest BCUT2D eigenvalue weighted by Gasteiger charge is 2.22. The second-order valence-corrected chi connectivity index (χ2v) is 6.06. The van der Waals surface area contributed by atoms with Crippen LogP contribution < -0.4 is 4.90 Å². The minimum Gasteiger partial charge on any atom is -0.356 e. The van der Waals surface area contributed by atoms with Crippen LogP contribution >= 0.6 is 0 Å². The van der Waals surface area contributed by atoms with Crippen LogP contribution in [0.5, 0.6) is 0 Å². The molecule has 0 radical (unpaired) electrons. The molecule has 5 nitrogen and oxygen atoms in total. The molecule has 2 aliphatic rings. The van der Waals surface area contributed by atoms with Gasteiger partial charge < -0.3 is 9.80 Å². The normalized spacial score (nSPS) is 19.7. The maximum atomic E-state index is 12.5. The predicted molar refractivity (Wildman–Crippen MR) is 82.6 cm³/mol. The number of likely N-dealkylation sites (tertiary alicyclic amines) is 1. The highest BCUT2D eigenvalue weighted by Crippen LogP contribution is 2.20. The first-order chi connectivity index (χ1) is 10.2. The van der Waals surface area contributed by atoms with Crippen LogP contribution in [0, 0.1) is 6.92 Å². The summed E-state index contributed by atoms with van der Waals surface area (Å²) in [4.78, 5) is 25.7. The zero-order valence-electron chi connectivity index (χ0n) is 12.8. The Balaban J connectivity index is 1.83. The number of carbonyl (C=O) groups is 1. The van der Waals surface area contributed by atoms with Gasteiger partial charge in [-0.05, 0) is 32.6 Å². The van der Waals surface area contributed by atoms with E-state index in [1.165, 1.54) is 25.7 Å². The van der Waals surface area contributed by atoms with Crippen LogP contribution in [-0.4, -0.2) is 47.0 Å². The van der Waals surface area contributed by atoms with E-state index in [4.69, 9.17) is 0 Å². The van der Waals surface area contributed by atoms with Crippen LogP contribution in [0.3, 0.4) is 0 Å². The highest BCUT2D eigenvalue weighted by molar-refractivity contribution is 5.93. The Labute approximate surface area is 126 Å². The summed E-state index contributed by atoms with van der Waals surface area (Å²) >= 11 is 0. The van der Waals surface area contributed by atoms with Crippen LogP contribution in [0.25, 0.3) is 0 Å². The van der Waals surface area contributed by atoms with Gasteiger partial charge in [-0.1, -0.05) is 12.8 Å². The number of amides is 1. The van der Waals surface area contributed by atoms with Gasteiger partial charge in [-0.15, -0.1) is 0 Å². The molecule has 0 saturated carbocycles. The number of hydrogen-bond acceptors (Lipinski definition) is 4. The Hall–Kier alpha value is -1.65. The molecule has 21 heavy (non-hydrogen) atoms. The minimum absolute atomic E-state index is 0.0640. The van der Waals surface area contributed by atoms with Gasteiger partial charge in [0.2, 0.25) is 0 Å². The average molecular weight is 288 g/mol. The van der Waals surface area contributed by atoms with E-state index in [1.54, 1.807) is 0 Å². The SMILES string of the molecule is Cc1nc(C(=O)N2CCCC2)cc(N2CCCCCC2)n1. The van der Waals surface area contributed by atoms with Crippen molar-refractivity contribution in [2.45, 2.75) is 45.4 Å². The first-order valence-corrected chi connectivity index (χ1v) is 8.14. The van der Waals surface area contributed by atoms with E-state index in [9.17, 15) is 4.79 Å². The molecule has 1 amide bonds. The van der Waals surface area contributed by atoms with Crippen LogP contribution in [0.15, 0.2) is 6.07 Å². The third-order valence-electron chi connectivity index (χ3n) is 4.37. The Morgan fingerprint density at radius 1 is 0.952 bits per heavy atom. The Kier molecular flexibility index (Phi) is 4.36. The second-order valence-electron chi connectivity index (χ2n) is 6.06. The maximum Gasteiger partial charge on any atom is 0.272 e. The first-order valence-electron chi connectivity index (χ1n) is 8.14. The van der Waals surface area contributed by atoms with Gasteiger partial charge in [0.15, 0.2) is 0 Å². The molecule has 0 atom stereocenters. The molecule has 0 aromatic carbocycles. The fourth-order valence-corrected chi connectivity index (χ4v) is 3.21. The van der Waals surface area contributed by atoms with Crippen molar-refractivity contribution in [3.63, 3.8) is 0 Å². The first kappa shape index (κ1) is 14.3. The van der Waals surface area contributed by atoms with E-state index < -0.39 is 0 Å². The van der Waals surface area contributed by atoms with E-state index in [0.717, 1.165) is 44.8 Å². The molecular formula is C16H24N4O. The average Bonchev–Trinajstić information content (AvgIpc) is 2.88. The number of rotatable bonds is 2. The van der Waals surface area contributed by atoms with Gasteiger partial charge in [-0.25, -0.2) is 9.97 Å². The third-order valence-corrected chi connectivity index (χ3v) is 4.37. The standard InChI is InChI=1S/C16H24N4O/c1-13-17-14(16(21)20-10-6-7-11-20)12-15(18-13)19-8-4-2-3-5-9-19/h12H,2-11H2,1H3. The summed E-state index contributed by atoms with van der Waals surface area (Å²) in [6.45, 7) is 5.67. The monoisotopic (exact) mass is 288 g/mol. The number of nitrogens with zero attached hydrogens (tertiary/aromatic N) is 4. The van der Waals surface area contributed by atoms with Crippen molar-refractivity contribution in [3.05, 3.63) is 17.6 Å². The van der Waals surface area contributed by atoms with Gasteiger partial charge in [0.05, 0.1) is 0 Å². The fourth-order valence-electron chi connectivity index (χ4n) is 3.21. The van der Waals surface area contributed by atoms with Crippen molar-refractivity contribution < 1.29 is 4.79 Å². The molecular weight excluding hydrogens is 264 g/mol. The lowest BCUT2D eigenvalue weighted by Crippen LogP contribution is -2.30. The quantitative estimate of drug-likeness (QED) is 0.838. The van der Waals surface area contributed by atoms with Crippen molar-refractivity contribution >= 4 is 11.7 Å². The number of aromatic nitrogens is 2. The molecule has 3 heterocycles. The smallest absolute Gasteiger partial charge is 0.272 e. The second kappa shape index (κ2) is 6.41. The molecule has 0 aliphatic carbocycles. The van der Waals surface area contributed by atoms with E-state index in [2.05, 4.69) is 14.9 Å². The molecule has 2 saturated heterocycles. The molecule has 5 heteroatoms. The summed E-state index contributed by atoms with van der Waals surface area (Å²) in [5, 5.41) is 0. The summed E-state index contributed by atoms with van der Waals surface area (Å²) in [6, 6.07) is 1.89. The maximum absolute atomic E-state index is 12.5. The van der Waals surface area contributed by atoms with Gasteiger partial charge in [0, 0.05) is 32.2 Å². The van der Waals surface area contributed by atoms with Crippen molar-refractivity contribution in [1.82, 2.24) is 14.9 Å². The zero-order chi connectivity index (χ0) is 14.7. The summed E-state index contributed by atoms with van der Waals surface area (Å²) in [6.07, 6.45) is 7.21. The summed E-state index contributed by atoms with van der Waals surface area (Å²) in [7, 11) is 0. The van der Waals surface area contributed by atoms with Crippen molar-refractivity contribution in [2.75, 3.05) is 31.1 Å². The van der Waals surface area contributed by atoms with Gasteiger partial charge in [0.25, 0.3) is 5.91 Å². The third kappa shape index (κ3) is 3.34. The Morgan fingerprint density at radius 2 is 1.57 bits per heavy atom. The lowest BCUT2D eigenvalue weighted by molar-refractivity contribution is 0.0786. The van der Waals surface area contributed by atoms with Crippen LogP contribution in [0.2, 0.25) is 0 Å². The molecule has 114 valence electrons. The summed E-state index contributed by atoms with van der Waals surface area (Å²) < 4.78 is 0. The lowest BCUT2D eigenvalue weighted by Gasteiger charge is -2.22. The fraction of sp³-hybridized carbons (Fsp3) is 0.688. The Morgan fingerprint density at radius 3 is 2.24 bits per heavy atom. The summed E-state index contributed by atoms with van der Waals surface area (Å²) in [5.74, 6) is 1.68.